The van der Waals surface area contributed by atoms with Gasteiger partial charge in [-0.15, -0.1) is 0 Å². The monoisotopic (exact) mass is 778 g/mol. The van der Waals surface area contributed by atoms with Crippen LogP contribution in [0.3, 0.4) is 0 Å². The van der Waals surface area contributed by atoms with E-state index in [2.05, 4.69) is 228 Å². The molecule has 0 fully saturated rings. The van der Waals surface area contributed by atoms with Gasteiger partial charge in [-0.25, -0.2) is 0 Å². The molecule has 61 heavy (non-hydrogen) atoms. The predicted molar refractivity (Wildman–Crippen MR) is 257 cm³/mol. The number of para-hydroxylation sites is 3. The third kappa shape index (κ3) is 5.90. The van der Waals surface area contributed by atoms with Crippen LogP contribution in [0.5, 0.6) is 0 Å². The van der Waals surface area contributed by atoms with Gasteiger partial charge >= 0.3 is 0 Å². The van der Waals surface area contributed by atoms with Crippen molar-refractivity contribution in [3.63, 3.8) is 0 Å². The topological polar surface area (TPSA) is 21.3 Å². The lowest BCUT2D eigenvalue weighted by Crippen LogP contribution is -2.12. The maximum Gasteiger partial charge on any atom is 0.136 e. The maximum absolute atomic E-state index is 6.31. The molecule has 0 N–H and O–H groups in total. The van der Waals surface area contributed by atoms with Crippen molar-refractivity contribution in [3.8, 4) is 39.1 Å². The summed E-state index contributed by atoms with van der Waals surface area (Å²) in [6.45, 7) is 0. The number of hydrogen-bond donors (Lipinski definition) is 0. The Labute approximate surface area is 353 Å². The van der Waals surface area contributed by atoms with Crippen LogP contribution in [0.15, 0.2) is 235 Å². The van der Waals surface area contributed by atoms with Gasteiger partial charge in [-0.05, 0) is 105 Å². The van der Waals surface area contributed by atoms with Crippen molar-refractivity contribution >= 4 is 71.6 Å². The molecule has 2 aromatic heterocycles. The molecule has 0 atom stereocenters. The summed E-state index contributed by atoms with van der Waals surface area (Å²) in [5.41, 5.74) is 15.4. The van der Waals surface area contributed by atoms with Crippen LogP contribution in [0.2, 0.25) is 0 Å². The van der Waals surface area contributed by atoms with Gasteiger partial charge in [-0.2, -0.15) is 0 Å². The Balaban J connectivity index is 1.07. The van der Waals surface area contributed by atoms with E-state index in [1.54, 1.807) is 0 Å². The molecule has 0 saturated carbocycles. The van der Waals surface area contributed by atoms with Crippen LogP contribution in [0.1, 0.15) is 0 Å². The first-order chi connectivity index (χ1) is 30.2. The van der Waals surface area contributed by atoms with Gasteiger partial charge < -0.3 is 13.9 Å². The minimum atomic E-state index is 0.893. The van der Waals surface area contributed by atoms with Crippen LogP contribution in [0, 0.1) is 0 Å². The van der Waals surface area contributed by atoms with Crippen LogP contribution < -0.4 is 4.90 Å². The molecule has 0 spiro atoms. The minimum absolute atomic E-state index is 0.893. The van der Waals surface area contributed by atoms with Crippen LogP contribution in [0.25, 0.3) is 93.6 Å². The third-order valence-corrected chi connectivity index (χ3v) is 12.2. The average Bonchev–Trinajstić information content (AvgIpc) is 3.88. The van der Waals surface area contributed by atoms with Crippen molar-refractivity contribution in [1.29, 1.82) is 0 Å². The number of hydrogen-bond acceptors (Lipinski definition) is 2. The zero-order valence-electron chi connectivity index (χ0n) is 33.2. The zero-order chi connectivity index (χ0) is 40.3. The van der Waals surface area contributed by atoms with E-state index in [4.69, 9.17) is 4.42 Å². The quantitative estimate of drug-likeness (QED) is 0.161. The van der Waals surface area contributed by atoms with E-state index in [-0.39, 0.29) is 0 Å². The molecule has 0 bridgehead atoms. The lowest BCUT2D eigenvalue weighted by atomic mass is 9.94. The summed E-state index contributed by atoms with van der Waals surface area (Å²) in [5, 5.41) is 7.20. The van der Waals surface area contributed by atoms with Crippen LogP contribution >= 0.6 is 0 Å². The molecule has 0 unspecified atom stereocenters. The number of anilines is 3. The van der Waals surface area contributed by atoms with E-state index in [1.165, 1.54) is 38.1 Å². The highest BCUT2D eigenvalue weighted by atomic mass is 16.3. The van der Waals surface area contributed by atoms with Gasteiger partial charge in [0.2, 0.25) is 0 Å². The first-order valence-corrected chi connectivity index (χ1v) is 20.8. The van der Waals surface area contributed by atoms with E-state index in [1.807, 2.05) is 12.1 Å². The maximum atomic E-state index is 6.31. The fourth-order valence-electron chi connectivity index (χ4n) is 9.33. The van der Waals surface area contributed by atoms with Crippen molar-refractivity contribution in [2.24, 2.45) is 0 Å². The zero-order valence-corrected chi connectivity index (χ0v) is 33.2. The molecule has 12 rings (SSSR count). The van der Waals surface area contributed by atoms with E-state index in [0.29, 0.717) is 0 Å². The smallest absolute Gasteiger partial charge is 0.136 e. The molecule has 0 aliphatic rings. The minimum Gasteiger partial charge on any atom is -0.456 e. The number of rotatable bonds is 7. The summed E-state index contributed by atoms with van der Waals surface area (Å²) < 4.78 is 8.70. The van der Waals surface area contributed by atoms with Gasteiger partial charge in [0.1, 0.15) is 11.2 Å². The number of benzene rings is 10. The molecule has 3 nitrogen and oxygen atoms in total. The fraction of sp³-hybridized carbons (Fsp3) is 0. The third-order valence-electron chi connectivity index (χ3n) is 12.2. The highest BCUT2D eigenvalue weighted by Gasteiger charge is 2.21. The molecule has 0 aliphatic carbocycles. The number of fused-ring (bicyclic) bond motifs is 7. The SMILES string of the molecule is c1ccc(-c2ccc(-c3cccc4ccccc34)cc2N(c2ccc(-c3ccc4c(c3)oc3ccccc34)cc2)c2cccc(-n3c4ccccc4c4ccccc43)c2)cc1. The van der Waals surface area contributed by atoms with Crippen LogP contribution in [-0.4, -0.2) is 4.57 Å². The summed E-state index contributed by atoms with van der Waals surface area (Å²) in [5.74, 6) is 0. The average molecular weight is 779 g/mol. The first-order valence-electron chi connectivity index (χ1n) is 20.8. The molecule has 0 saturated heterocycles. The molecule has 286 valence electrons. The van der Waals surface area contributed by atoms with Crippen molar-refractivity contribution in [1.82, 2.24) is 4.57 Å². The lowest BCUT2D eigenvalue weighted by Gasteiger charge is -2.29. The number of nitrogens with zero attached hydrogens (tertiary/aromatic N) is 2. The van der Waals surface area contributed by atoms with Gasteiger partial charge in [-0.3, -0.25) is 0 Å². The van der Waals surface area contributed by atoms with Crippen molar-refractivity contribution in [3.05, 3.63) is 231 Å². The Morgan fingerprint density at radius 3 is 1.75 bits per heavy atom. The molecule has 0 amide bonds. The Morgan fingerprint density at radius 1 is 0.328 bits per heavy atom. The second-order valence-electron chi connectivity index (χ2n) is 15.7. The summed E-state index contributed by atoms with van der Waals surface area (Å²) in [4.78, 5) is 2.43. The summed E-state index contributed by atoms with van der Waals surface area (Å²) >= 11 is 0. The normalized spacial score (nSPS) is 11.6. The van der Waals surface area contributed by atoms with Gasteiger partial charge in [0.25, 0.3) is 0 Å². The Kier molecular flexibility index (Phi) is 8.17. The molecular weight excluding hydrogens is 741 g/mol. The summed E-state index contributed by atoms with van der Waals surface area (Å²) in [6.07, 6.45) is 0. The van der Waals surface area contributed by atoms with E-state index in [0.717, 1.165) is 72.5 Å². The number of furan rings is 1. The van der Waals surface area contributed by atoms with Gasteiger partial charge in [0, 0.05) is 44.2 Å². The first kappa shape index (κ1) is 34.9. The van der Waals surface area contributed by atoms with Crippen molar-refractivity contribution in [2.45, 2.75) is 0 Å². The second kappa shape index (κ2) is 14.3. The van der Waals surface area contributed by atoms with Crippen LogP contribution in [0.4, 0.5) is 17.1 Å². The van der Waals surface area contributed by atoms with Gasteiger partial charge in [-0.1, -0.05) is 164 Å². The molecule has 2 heterocycles. The van der Waals surface area contributed by atoms with Crippen molar-refractivity contribution in [2.75, 3.05) is 4.90 Å². The molecule has 3 heteroatoms. The molecular formula is C58H38N2O. The Hall–Kier alpha value is -8.14. The van der Waals surface area contributed by atoms with E-state index >= 15 is 0 Å². The Bertz CT molecular complexity index is 3540. The highest BCUT2D eigenvalue weighted by Crippen LogP contribution is 2.45. The molecule has 12 aromatic rings. The number of aromatic nitrogens is 1. The molecule has 0 radical (unpaired) electrons. The Morgan fingerprint density at radius 2 is 0.951 bits per heavy atom. The van der Waals surface area contributed by atoms with E-state index < -0.39 is 0 Å². The largest absolute Gasteiger partial charge is 0.456 e. The fourth-order valence-corrected chi connectivity index (χ4v) is 9.33. The van der Waals surface area contributed by atoms with Gasteiger partial charge in [0.15, 0.2) is 0 Å². The predicted octanol–water partition coefficient (Wildman–Crippen LogP) is 16.3. The standard InChI is InChI=1S/C58H38N2O/c1-2-14-41(15-3-1)49-34-31-43(48-24-12-17-40-16-4-5-20-47(40)48)36-56(49)59(44-32-28-39(29-33-44)42-30-35-53-52-23-8-11-27-57(52)61-58(53)37-42)45-18-13-19-46(38-45)60-54-25-9-6-21-50(54)51-22-7-10-26-55(51)60/h1-38H. The van der Waals surface area contributed by atoms with Crippen molar-refractivity contribution < 1.29 is 4.42 Å². The molecule has 10 aromatic carbocycles. The van der Waals surface area contributed by atoms with Gasteiger partial charge in [0.05, 0.1) is 16.7 Å². The highest BCUT2D eigenvalue weighted by molar-refractivity contribution is 6.09. The second-order valence-corrected chi connectivity index (χ2v) is 15.7. The lowest BCUT2D eigenvalue weighted by molar-refractivity contribution is 0.669. The van der Waals surface area contributed by atoms with Crippen LogP contribution in [-0.2, 0) is 0 Å². The summed E-state index contributed by atoms with van der Waals surface area (Å²) in [7, 11) is 0. The van der Waals surface area contributed by atoms with E-state index in [9.17, 15) is 0 Å². The summed E-state index contributed by atoms with van der Waals surface area (Å²) in [6, 6.07) is 83.1. The molecule has 0 aliphatic heterocycles.